The third-order valence-corrected chi connectivity index (χ3v) is 1.74. The quantitative estimate of drug-likeness (QED) is 0.630. The molecule has 1 aromatic heterocycles. The number of hydrogen-bond donors (Lipinski definition) is 1. The lowest BCUT2D eigenvalue weighted by Gasteiger charge is -2.02. The fourth-order valence-electron chi connectivity index (χ4n) is 0.788. The van der Waals surface area contributed by atoms with Gasteiger partial charge in [0.05, 0.1) is 11.9 Å². The van der Waals surface area contributed by atoms with Gasteiger partial charge in [-0.3, -0.25) is 4.98 Å². The lowest BCUT2D eigenvalue weighted by atomic mass is 10.4. The van der Waals surface area contributed by atoms with Crippen molar-refractivity contribution in [3.8, 4) is 12.3 Å². The highest BCUT2D eigenvalue weighted by Gasteiger charge is 1.91. The average Bonchev–Trinajstić information content (AvgIpc) is 2.05. The van der Waals surface area contributed by atoms with Gasteiger partial charge in [0, 0.05) is 23.6 Å². The summed E-state index contributed by atoms with van der Waals surface area (Å²) in [7, 11) is 0. The molecule has 3 heteroatoms. The number of nitrogens with zero attached hydrogens (tertiary/aromatic N) is 1. The standard InChI is InChI=1S/C9H9BrN2/c1-2-3-4-12-9-5-8(10)6-11-7-9/h1,5-7,12H,3-4H2. The first-order valence-electron chi connectivity index (χ1n) is 3.61. The van der Waals surface area contributed by atoms with Crippen molar-refractivity contribution in [3.05, 3.63) is 22.9 Å². The molecule has 0 aliphatic carbocycles. The Bertz CT molecular complexity index is 291. The SMILES string of the molecule is C#CCCNc1cncc(Br)c1. The van der Waals surface area contributed by atoms with Gasteiger partial charge in [0.1, 0.15) is 0 Å². The second kappa shape index (κ2) is 4.78. The molecule has 1 rings (SSSR count). The normalized spacial score (nSPS) is 9.00. The van der Waals surface area contributed by atoms with Crippen LogP contribution < -0.4 is 5.32 Å². The number of nitrogens with one attached hydrogen (secondary N) is 1. The summed E-state index contributed by atoms with van der Waals surface area (Å²) in [6, 6.07) is 1.96. The number of anilines is 1. The number of halogens is 1. The topological polar surface area (TPSA) is 24.9 Å². The molecule has 62 valence electrons. The van der Waals surface area contributed by atoms with Gasteiger partial charge >= 0.3 is 0 Å². The summed E-state index contributed by atoms with van der Waals surface area (Å²) >= 11 is 3.33. The van der Waals surface area contributed by atoms with Crippen molar-refractivity contribution in [1.82, 2.24) is 4.98 Å². The minimum absolute atomic E-state index is 0.729. The first-order valence-corrected chi connectivity index (χ1v) is 4.40. The highest BCUT2D eigenvalue weighted by atomic mass is 79.9. The Morgan fingerprint density at radius 1 is 1.58 bits per heavy atom. The van der Waals surface area contributed by atoms with Crippen LogP contribution in [0.5, 0.6) is 0 Å². The zero-order chi connectivity index (χ0) is 8.81. The molecule has 0 saturated carbocycles. The second-order valence-electron chi connectivity index (χ2n) is 2.27. The minimum Gasteiger partial charge on any atom is -0.383 e. The van der Waals surface area contributed by atoms with E-state index >= 15 is 0 Å². The van der Waals surface area contributed by atoms with E-state index in [1.165, 1.54) is 0 Å². The summed E-state index contributed by atoms with van der Waals surface area (Å²) in [4.78, 5) is 4.00. The smallest absolute Gasteiger partial charge is 0.0538 e. The van der Waals surface area contributed by atoms with Crippen molar-refractivity contribution in [2.24, 2.45) is 0 Å². The zero-order valence-electron chi connectivity index (χ0n) is 6.55. The maximum atomic E-state index is 5.11. The monoisotopic (exact) mass is 224 g/mol. The molecule has 12 heavy (non-hydrogen) atoms. The van der Waals surface area contributed by atoms with E-state index in [-0.39, 0.29) is 0 Å². The van der Waals surface area contributed by atoms with Gasteiger partial charge in [0.2, 0.25) is 0 Å². The molecule has 0 atom stereocenters. The molecule has 2 nitrogen and oxygen atoms in total. The molecule has 1 heterocycles. The van der Waals surface area contributed by atoms with Crippen molar-refractivity contribution in [2.45, 2.75) is 6.42 Å². The first-order chi connectivity index (χ1) is 5.83. The molecule has 0 spiro atoms. The third kappa shape index (κ3) is 2.93. The van der Waals surface area contributed by atoms with Crippen LogP contribution in [0.25, 0.3) is 0 Å². The van der Waals surface area contributed by atoms with Gasteiger partial charge in [-0.1, -0.05) is 0 Å². The van der Waals surface area contributed by atoms with Crippen molar-refractivity contribution < 1.29 is 0 Å². The maximum absolute atomic E-state index is 5.11. The van der Waals surface area contributed by atoms with E-state index in [1.54, 1.807) is 12.4 Å². The Morgan fingerprint density at radius 3 is 3.08 bits per heavy atom. The van der Waals surface area contributed by atoms with E-state index in [2.05, 4.69) is 32.2 Å². The van der Waals surface area contributed by atoms with Crippen LogP contribution in [-0.2, 0) is 0 Å². The van der Waals surface area contributed by atoms with E-state index in [0.717, 1.165) is 23.1 Å². The van der Waals surface area contributed by atoms with Crippen LogP contribution in [0.4, 0.5) is 5.69 Å². The van der Waals surface area contributed by atoms with Gasteiger partial charge in [0.15, 0.2) is 0 Å². The Kier molecular flexibility index (Phi) is 3.62. The zero-order valence-corrected chi connectivity index (χ0v) is 8.13. The predicted molar refractivity (Wildman–Crippen MR) is 53.9 cm³/mol. The summed E-state index contributed by atoms with van der Waals surface area (Å²) in [5, 5.41) is 3.15. The highest BCUT2D eigenvalue weighted by Crippen LogP contribution is 2.13. The van der Waals surface area contributed by atoms with Gasteiger partial charge in [-0.15, -0.1) is 12.3 Å². The van der Waals surface area contributed by atoms with Crippen LogP contribution in [0.2, 0.25) is 0 Å². The van der Waals surface area contributed by atoms with Crippen molar-refractivity contribution >= 4 is 21.6 Å². The van der Waals surface area contributed by atoms with Gasteiger partial charge in [-0.2, -0.15) is 0 Å². The summed E-state index contributed by atoms with van der Waals surface area (Å²) in [5.74, 6) is 2.56. The molecule has 0 aliphatic heterocycles. The Balaban J connectivity index is 2.48. The lowest BCUT2D eigenvalue weighted by Crippen LogP contribution is -2.00. The Labute approximate surface area is 80.5 Å². The van der Waals surface area contributed by atoms with E-state index in [0.29, 0.717) is 0 Å². The minimum atomic E-state index is 0.729. The van der Waals surface area contributed by atoms with Crippen molar-refractivity contribution in [2.75, 3.05) is 11.9 Å². The predicted octanol–water partition coefficient (Wildman–Crippen LogP) is 2.28. The first kappa shape index (κ1) is 9.08. The summed E-state index contributed by atoms with van der Waals surface area (Å²) in [6.07, 6.45) is 9.34. The molecular formula is C9H9BrN2. The van der Waals surface area contributed by atoms with Gasteiger partial charge < -0.3 is 5.32 Å². The highest BCUT2D eigenvalue weighted by molar-refractivity contribution is 9.10. The van der Waals surface area contributed by atoms with Gasteiger partial charge in [-0.05, 0) is 22.0 Å². The number of rotatable bonds is 3. The van der Waals surface area contributed by atoms with Gasteiger partial charge in [-0.25, -0.2) is 0 Å². The largest absolute Gasteiger partial charge is 0.383 e. The van der Waals surface area contributed by atoms with E-state index < -0.39 is 0 Å². The van der Waals surface area contributed by atoms with E-state index in [9.17, 15) is 0 Å². The van der Waals surface area contributed by atoms with Gasteiger partial charge in [0.25, 0.3) is 0 Å². The molecule has 1 aromatic rings. The van der Waals surface area contributed by atoms with Crippen LogP contribution in [0, 0.1) is 12.3 Å². The number of hydrogen-bond acceptors (Lipinski definition) is 2. The molecule has 0 aliphatic rings. The molecule has 0 saturated heterocycles. The Hall–Kier alpha value is -1.01. The average molecular weight is 225 g/mol. The summed E-state index contributed by atoms with van der Waals surface area (Å²) in [5.41, 5.74) is 0.986. The van der Waals surface area contributed by atoms with Crippen LogP contribution in [0.15, 0.2) is 22.9 Å². The molecule has 1 N–H and O–H groups in total. The van der Waals surface area contributed by atoms with E-state index in [4.69, 9.17) is 6.42 Å². The van der Waals surface area contributed by atoms with Crippen LogP contribution >= 0.6 is 15.9 Å². The molecule has 0 aromatic carbocycles. The number of terminal acetylenes is 1. The molecule has 0 amide bonds. The molecule has 0 radical (unpaired) electrons. The third-order valence-electron chi connectivity index (χ3n) is 1.30. The second-order valence-corrected chi connectivity index (χ2v) is 3.19. The van der Waals surface area contributed by atoms with E-state index in [1.807, 2.05) is 6.07 Å². The maximum Gasteiger partial charge on any atom is 0.0538 e. The van der Waals surface area contributed by atoms with Crippen molar-refractivity contribution in [3.63, 3.8) is 0 Å². The molecular weight excluding hydrogens is 216 g/mol. The number of pyridine rings is 1. The molecule has 0 bridgehead atoms. The Morgan fingerprint density at radius 2 is 2.42 bits per heavy atom. The van der Waals surface area contributed by atoms with Crippen LogP contribution in [0.1, 0.15) is 6.42 Å². The summed E-state index contributed by atoms with van der Waals surface area (Å²) in [6.45, 7) is 0.786. The lowest BCUT2D eigenvalue weighted by molar-refractivity contribution is 1.09. The molecule has 0 fully saturated rings. The van der Waals surface area contributed by atoms with Crippen molar-refractivity contribution in [1.29, 1.82) is 0 Å². The fraction of sp³-hybridized carbons (Fsp3) is 0.222. The fourth-order valence-corrected chi connectivity index (χ4v) is 1.15. The van der Waals surface area contributed by atoms with Crippen LogP contribution in [-0.4, -0.2) is 11.5 Å². The molecule has 0 unspecified atom stereocenters. The number of aromatic nitrogens is 1. The van der Waals surface area contributed by atoms with Crippen LogP contribution in [0.3, 0.4) is 0 Å². The summed E-state index contributed by atoms with van der Waals surface area (Å²) < 4.78 is 0.966.